The zero-order valence-corrected chi connectivity index (χ0v) is 13.5. The summed E-state index contributed by atoms with van der Waals surface area (Å²) in [6.07, 6.45) is 2.99. The van der Waals surface area contributed by atoms with Gasteiger partial charge in [-0.3, -0.25) is 4.79 Å². The van der Waals surface area contributed by atoms with Crippen molar-refractivity contribution in [3.8, 4) is 0 Å². The number of benzene rings is 1. The molecule has 2 fully saturated rings. The van der Waals surface area contributed by atoms with Crippen LogP contribution in [0, 0.1) is 5.82 Å². The number of rotatable bonds is 4. The number of hydrogen-bond donors (Lipinski definition) is 1. The Hall–Kier alpha value is -1.46. The first-order valence-corrected chi connectivity index (χ1v) is 8.33. The van der Waals surface area contributed by atoms with Crippen LogP contribution in [0.3, 0.4) is 0 Å². The molecule has 0 bridgehead atoms. The highest BCUT2D eigenvalue weighted by molar-refractivity contribution is 5.77. The van der Waals surface area contributed by atoms with Crippen LogP contribution in [0.5, 0.6) is 0 Å². The van der Waals surface area contributed by atoms with Crippen molar-refractivity contribution in [2.75, 3.05) is 19.8 Å². The summed E-state index contributed by atoms with van der Waals surface area (Å²) in [5, 5.41) is 3.13. The second-order valence-electron chi connectivity index (χ2n) is 6.75. The number of hydrogen-bond acceptors (Lipinski definition) is 3. The first kappa shape index (κ1) is 16.4. The Labute approximate surface area is 136 Å². The maximum atomic E-state index is 13.0. The fraction of sp³-hybridized carbons (Fsp3) is 0.611. The van der Waals surface area contributed by atoms with Crippen molar-refractivity contribution >= 4 is 5.91 Å². The van der Waals surface area contributed by atoms with Gasteiger partial charge in [0.2, 0.25) is 5.91 Å². The molecule has 2 heterocycles. The summed E-state index contributed by atoms with van der Waals surface area (Å²) in [4.78, 5) is 12.3. The van der Waals surface area contributed by atoms with Gasteiger partial charge in [-0.05, 0) is 36.5 Å². The van der Waals surface area contributed by atoms with E-state index in [1.807, 2.05) is 6.92 Å². The van der Waals surface area contributed by atoms with E-state index in [0.29, 0.717) is 19.6 Å². The predicted octanol–water partition coefficient (Wildman–Crippen LogP) is 2.77. The highest BCUT2D eigenvalue weighted by atomic mass is 19.1. The molecule has 2 aliphatic rings. The molecule has 0 aliphatic carbocycles. The number of carbonyl (C=O) groups is 1. The van der Waals surface area contributed by atoms with Crippen LogP contribution >= 0.6 is 0 Å². The molecule has 5 heteroatoms. The lowest BCUT2D eigenvalue weighted by atomic mass is 9.89. The van der Waals surface area contributed by atoms with Gasteiger partial charge >= 0.3 is 0 Å². The second-order valence-corrected chi connectivity index (χ2v) is 6.75. The van der Waals surface area contributed by atoms with Gasteiger partial charge in [0.25, 0.3) is 0 Å². The predicted molar refractivity (Wildman–Crippen MR) is 84.7 cm³/mol. The Bertz CT molecular complexity index is 540. The fourth-order valence-electron chi connectivity index (χ4n) is 3.49. The number of nitrogens with one attached hydrogen (secondary N) is 1. The Balaban J connectivity index is 1.51. The molecule has 2 saturated heterocycles. The third kappa shape index (κ3) is 4.09. The Morgan fingerprint density at radius 3 is 2.87 bits per heavy atom. The minimum absolute atomic E-state index is 0.0443. The van der Waals surface area contributed by atoms with Gasteiger partial charge in [0, 0.05) is 32.1 Å². The van der Waals surface area contributed by atoms with E-state index in [0.717, 1.165) is 31.4 Å². The van der Waals surface area contributed by atoms with Crippen molar-refractivity contribution < 1.29 is 18.7 Å². The zero-order valence-electron chi connectivity index (χ0n) is 13.5. The summed E-state index contributed by atoms with van der Waals surface area (Å²) in [6, 6.07) is 6.51. The second kappa shape index (κ2) is 6.97. The van der Waals surface area contributed by atoms with Crippen LogP contribution in [0.1, 0.15) is 44.1 Å². The van der Waals surface area contributed by atoms with Crippen LogP contribution in [0.15, 0.2) is 24.3 Å². The maximum Gasteiger partial charge on any atom is 0.220 e. The van der Waals surface area contributed by atoms with Gasteiger partial charge < -0.3 is 14.8 Å². The summed E-state index contributed by atoms with van der Waals surface area (Å²) in [7, 11) is 0. The smallest absolute Gasteiger partial charge is 0.220 e. The normalized spacial score (nSPS) is 28.7. The Morgan fingerprint density at radius 2 is 2.17 bits per heavy atom. The average Bonchev–Trinajstić information content (AvgIpc) is 2.95. The van der Waals surface area contributed by atoms with Gasteiger partial charge in [-0.1, -0.05) is 19.1 Å². The van der Waals surface area contributed by atoms with E-state index >= 15 is 0 Å². The molecular weight excluding hydrogens is 297 g/mol. The van der Waals surface area contributed by atoms with E-state index < -0.39 is 0 Å². The summed E-state index contributed by atoms with van der Waals surface area (Å²) < 4.78 is 24.3. The van der Waals surface area contributed by atoms with Crippen molar-refractivity contribution in [2.24, 2.45) is 0 Å². The topological polar surface area (TPSA) is 47.6 Å². The van der Waals surface area contributed by atoms with Gasteiger partial charge in [-0.15, -0.1) is 0 Å². The molecule has 1 N–H and O–H groups in total. The molecule has 1 amide bonds. The van der Waals surface area contributed by atoms with Crippen molar-refractivity contribution in [3.05, 3.63) is 35.6 Å². The summed E-state index contributed by atoms with van der Waals surface area (Å²) >= 11 is 0. The minimum Gasteiger partial charge on any atom is -0.378 e. The van der Waals surface area contributed by atoms with Gasteiger partial charge in [-0.2, -0.15) is 0 Å². The number of ether oxygens (including phenoxy) is 2. The van der Waals surface area contributed by atoms with E-state index in [9.17, 15) is 9.18 Å². The number of carbonyl (C=O) groups excluding carboxylic acids is 1. The lowest BCUT2D eigenvalue weighted by molar-refractivity contribution is -0.125. The van der Waals surface area contributed by atoms with Crippen molar-refractivity contribution in [3.63, 3.8) is 0 Å². The zero-order chi connectivity index (χ0) is 16.3. The molecular formula is C18H24FNO3. The molecule has 23 heavy (non-hydrogen) atoms. The van der Waals surface area contributed by atoms with Crippen LogP contribution in [-0.2, 0) is 14.3 Å². The maximum absolute atomic E-state index is 13.0. The SMILES string of the molecule is CC(CC(=O)NC1CCOC2(CCOC2)C1)c1ccc(F)cc1. The van der Waals surface area contributed by atoms with Gasteiger partial charge in [0.1, 0.15) is 5.82 Å². The monoisotopic (exact) mass is 321 g/mol. The first-order valence-electron chi connectivity index (χ1n) is 8.33. The van der Waals surface area contributed by atoms with E-state index in [1.54, 1.807) is 12.1 Å². The van der Waals surface area contributed by atoms with Gasteiger partial charge in [-0.25, -0.2) is 4.39 Å². The molecule has 1 aromatic carbocycles. The van der Waals surface area contributed by atoms with Crippen LogP contribution in [0.4, 0.5) is 4.39 Å². The Kier molecular flexibility index (Phi) is 4.97. The van der Waals surface area contributed by atoms with Crippen LogP contribution in [0.2, 0.25) is 0 Å². The fourth-order valence-corrected chi connectivity index (χ4v) is 3.49. The summed E-state index contributed by atoms with van der Waals surface area (Å²) in [6.45, 7) is 4.03. The van der Waals surface area contributed by atoms with E-state index in [-0.39, 0.29) is 29.3 Å². The standard InChI is InChI=1S/C18H24FNO3/c1-13(14-2-4-15(19)5-3-14)10-17(21)20-16-6-8-23-18(11-16)7-9-22-12-18/h2-5,13,16H,6-12H2,1H3,(H,20,21). The third-order valence-corrected chi connectivity index (χ3v) is 4.86. The van der Waals surface area contributed by atoms with E-state index in [1.165, 1.54) is 12.1 Å². The minimum atomic E-state index is -0.253. The molecule has 126 valence electrons. The number of amides is 1. The van der Waals surface area contributed by atoms with Crippen LogP contribution in [-0.4, -0.2) is 37.4 Å². The van der Waals surface area contributed by atoms with Gasteiger partial charge in [0.15, 0.2) is 0 Å². The molecule has 0 aromatic heterocycles. The average molecular weight is 321 g/mol. The summed E-state index contributed by atoms with van der Waals surface area (Å²) in [5.74, 6) is -0.140. The Morgan fingerprint density at radius 1 is 1.39 bits per heavy atom. The van der Waals surface area contributed by atoms with Crippen molar-refractivity contribution in [2.45, 2.75) is 50.2 Å². The highest BCUT2D eigenvalue weighted by Gasteiger charge is 2.41. The molecule has 1 spiro atoms. The van der Waals surface area contributed by atoms with Crippen LogP contribution < -0.4 is 5.32 Å². The van der Waals surface area contributed by atoms with E-state index in [4.69, 9.17) is 9.47 Å². The quantitative estimate of drug-likeness (QED) is 0.927. The third-order valence-electron chi connectivity index (χ3n) is 4.86. The largest absolute Gasteiger partial charge is 0.378 e. The van der Waals surface area contributed by atoms with Crippen molar-refractivity contribution in [1.82, 2.24) is 5.32 Å². The molecule has 1 aromatic rings. The molecule has 0 saturated carbocycles. The highest BCUT2D eigenvalue weighted by Crippen LogP contribution is 2.33. The molecule has 2 aliphatic heterocycles. The summed E-state index contributed by atoms with van der Waals surface area (Å²) in [5.41, 5.74) is 0.785. The molecule has 3 rings (SSSR count). The molecule has 4 nitrogen and oxygen atoms in total. The molecule has 0 radical (unpaired) electrons. The molecule has 3 unspecified atom stereocenters. The van der Waals surface area contributed by atoms with Crippen LogP contribution in [0.25, 0.3) is 0 Å². The van der Waals surface area contributed by atoms with E-state index in [2.05, 4.69) is 5.32 Å². The first-order chi connectivity index (χ1) is 11.1. The number of halogens is 1. The van der Waals surface area contributed by atoms with Gasteiger partial charge in [0.05, 0.1) is 12.2 Å². The lowest BCUT2D eigenvalue weighted by Crippen LogP contribution is -2.49. The van der Waals surface area contributed by atoms with Crippen molar-refractivity contribution in [1.29, 1.82) is 0 Å². The lowest BCUT2D eigenvalue weighted by Gasteiger charge is -2.37. The molecule has 3 atom stereocenters.